The molecule has 0 aromatic carbocycles. The summed E-state index contributed by atoms with van der Waals surface area (Å²) in [6, 6.07) is 0. The average Bonchev–Trinajstić information content (AvgIpc) is 2.40. The molecule has 3 rings (SSSR count). The molecule has 0 spiro atoms. The molecule has 3 aliphatic carbocycles. The molecule has 1 heteroatoms. The highest BCUT2D eigenvalue weighted by atomic mass is 15.0. The SMILES string of the molecule is CCCN[C@]12CCC[C@](C)(CC[C@@H]3[C@@H]1CC3(C)C)C2. The van der Waals surface area contributed by atoms with E-state index in [1.165, 1.54) is 57.9 Å². The van der Waals surface area contributed by atoms with Crippen molar-refractivity contribution in [1.82, 2.24) is 5.32 Å². The van der Waals surface area contributed by atoms with E-state index >= 15 is 0 Å². The van der Waals surface area contributed by atoms with Gasteiger partial charge in [0.1, 0.15) is 0 Å². The Kier molecular flexibility index (Phi) is 3.28. The monoisotopic (exact) mass is 263 g/mol. The van der Waals surface area contributed by atoms with Crippen molar-refractivity contribution < 1.29 is 0 Å². The lowest BCUT2D eigenvalue weighted by Crippen LogP contribution is -2.62. The highest BCUT2D eigenvalue weighted by molar-refractivity contribution is 5.13. The zero-order chi connectivity index (χ0) is 13.7. The van der Waals surface area contributed by atoms with Gasteiger partial charge in [-0.3, -0.25) is 0 Å². The van der Waals surface area contributed by atoms with Gasteiger partial charge in [-0.2, -0.15) is 0 Å². The first-order chi connectivity index (χ1) is 8.91. The summed E-state index contributed by atoms with van der Waals surface area (Å²) in [6.07, 6.45) is 11.5. The predicted molar refractivity (Wildman–Crippen MR) is 82.2 cm³/mol. The molecule has 1 nitrogen and oxygen atoms in total. The molecule has 0 aromatic heterocycles. The van der Waals surface area contributed by atoms with E-state index in [2.05, 4.69) is 33.0 Å². The molecule has 0 aromatic rings. The first-order valence-electron chi connectivity index (χ1n) is 8.66. The van der Waals surface area contributed by atoms with Crippen LogP contribution in [0, 0.1) is 22.7 Å². The van der Waals surface area contributed by atoms with Crippen LogP contribution in [-0.4, -0.2) is 12.1 Å². The van der Waals surface area contributed by atoms with Crippen molar-refractivity contribution in [3.05, 3.63) is 0 Å². The van der Waals surface area contributed by atoms with Crippen LogP contribution in [0.1, 0.15) is 79.1 Å². The Labute approximate surface area is 119 Å². The quantitative estimate of drug-likeness (QED) is 0.774. The maximum Gasteiger partial charge on any atom is 0.0217 e. The zero-order valence-corrected chi connectivity index (χ0v) is 13.5. The first-order valence-corrected chi connectivity index (χ1v) is 8.66. The molecule has 0 radical (unpaired) electrons. The Bertz CT molecular complexity index is 348. The number of hydrogen-bond donors (Lipinski definition) is 1. The second-order valence-corrected chi connectivity index (χ2v) is 8.87. The number of hydrogen-bond acceptors (Lipinski definition) is 1. The standard InChI is InChI=1S/C18H33N/c1-5-11-19-18-9-6-8-17(4,13-18)10-7-14-15(18)12-16(14,2)3/h14-15,19H,5-13H2,1-4H3/t14-,15+,17-,18+/m1/s1. The smallest absolute Gasteiger partial charge is 0.0217 e. The fourth-order valence-corrected chi connectivity index (χ4v) is 5.88. The molecule has 0 unspecified atom stereocenters. The molecule has 3 aliphatic rings. The number of nitrogens with one attached hydrogen (secondary N) is 1. The maximum atomic E-state index is 4.05. The molecular formula is C18H33N. The lowest BCUT2D eigenvalue weighted by atomic mass is 9.48. The molecule has 3 saturated carbocycles. The fraction of sp³-hybridized carbons (Fsp3) is 1.00. The summed E-state index contributed by atoms with van der Waals surface area (Å²) in [5, 5.41) is 4.05. The molecule has 0 saturated heterocycles. The molecule has 0 heterocycles. The van der Waals surface area contributed by atoms with Crippen LogP contribution in [0.4, 0.5) is 0 Å². The van der Waals surface area contributed by atoms with Gasteiger partial charge in [0.05, 0.1) is 0 Å². The zero-order valence-electron chi connectivity index (χ0n) is 13.5. The van der Waals surface area contributed by atoms with Crippen LogP contribution in [0.25, 0.3) is 0 Å². The number of rotatable bonds is 3. The molecule has 3 fully saturated rings. The van der Waals surface area contributed by atoms with Crippen LogP contribution in [0.15, 0.2) is 0 Å². The Balaban J connectivity index is 1.89. The van der Waals surface area contributed by atoms with E-state index in [1.807, 2.05) is 0 Å². The Morgan fingerprint density at radius 2 is 1.84 bits per heavy atom. The van der Waals surface area contributed by atoms with E-state index < -0.39 is 0 Å². The minimum absolute atomic E-state index is 0.500. The fourth-order valence-electron chi connectivity index (χ4n) is 5.88. The van der Waals surface area contributed by atoms with Crippen LogP contribution in [0.3, 0.4) is 0 Å². The summed E-state index contributed by atoms with van der Waals surface area (Å²) in [5.41, 5.74) is 1.74. The van der Waals surface area contributed by atoms with Gasteiger partial charge in [0.2, 0.25) is 0 Å². The second-order valence-electron chi connectivity index (χ2n) is 8.87. The van der Waals surface area contributed by atoms with E-state index in [-0.39, 0.29) is 0 Å². The highest BCUT2D eigenvalue weighted by Gasteiger charge is 2.60. The van der Waals surface area contributed by atoms with Gasteiger partial charge in [0.25, 0.3) is 0 Å². The summed E-state index contributed by atoms with van der Waals surface area (Å²) in [6.45, 7) is 11.1. The average molecular weight is 263 g/mol. The topological polar surface area (TPSA) is 12.0 Å². The van der Waals surface area contributed by atoms with Gasteiger partial charge < -0.3 is 5.32 Å². The van der Waals surface area contributed by atoms with Crippen LogP contribution < -0.4 is 5.32 Å². The third-order valence-electron chi connectivity index (χ3n) is 6.88. The van der Waals surface area contributed by atoms with E-state index in [9.17, 15) is 0 Å². The molecule has 110 valence electrons. The molecule has 2 bridgehead atoms. The largest absolute Gasteiger partial charge is 0.311 e. The summed E-state index contributed by atoms with van der Waals surface area (Å²) < 4.78 is 0. The van der Waals surface area contributed by atoms with Crippen molar-refractivity contribution in [2.75, 3.05) is 6.54 Å². The first kappa shape index (κ1) is 13.9. The molecule has 0 amide bonds. The molecule has 4 atom stereocenters. The van der Waals surface area contributed by atoms with Gasteiger partial charge in [-0.25, -0.2) is 0 Å². The Hall–Kier alpha value is -0.0400. The van der Waals surface area contributed by atoms with Gasteiger partial charge in [-0.15, -0.1) is 0 Å². The third kappa shape index (κ3) is 2.17. The lowest BCUT2D eigenvalue weighted by Gasteiger charge is -2.60. The Morgan fingerprint density at radius 3 is 2.53 bits per heavy atom. The molecular weight excluding hydrogens is 230 g/mol. The van der Waals surface area contributed by atoms with Gasteiger partial charge in [0, 0.05) is 5.54 Å². The van der Waals surface area contributed by atoms with Crippen molar-refractivity contribution in [2.24, 2.45) is 22.7 Å². The van der Waals surface area contributed by atoms with Crippen molar-refractivity contribution in [3.8, 4) is 0 Å². The van der Waals surface area contributed by atoms with E-state index in [1.54, 1.807) is 0 Å². The van der Waals surface area contributed by atoms with E-state index in [4.69, 9.17) is 0 Å². The minimum Gasteiger partial charge on any atom is -0.311 e. The van der Waals surface area contributed by atoms with E-state index in [0.29, 0.717) is 16.4 Å². The van der Waals surface area contributed by atoms with Crippen LogP contribution in [-0.2, 0) is 0 Å². The van der Waals surface area contributed by atoms with Gasteiger partial charge in [-0.1, -0.05) is 34.1 Å². The lowest BCUT2D eigenvalue weighted by molar-refractivity contribution is -0.0770. The van der Waals surface area contributed by atoms with Crippen LogP contribution >= 0.6 is 0 Å². The van der Waals surface area contributed by atoms with Crippen LogP contribution in [0.5, 0.6) is 0 Å². The maximum absolute atomic E-state index is 4.05. The van der Waals surface area contributed by atoms with Gasteiger partial charge >= 0.3 is 0 Å². The summed E-state index contributed by atoms with van der Waals surface area (Å²) in [5.74, 6) is 1.95. The normalized spacial score (nSPS) is 48.0. The molecule has 0 aliphatic heterocycles. The summed E-state index contributed by atoms with van der Waals surface area (Å²) >= 11 is 0. The van der Waals surface area contributed by atoms with Crippen molar-refractivity contribution in [1.29, 1.82) is 0 Å². The highest BCUT2D eigenvalue weighted by Crippen LogP contribution is 2.64. The van der Waals surface area contributed by atoms with Crippen molar-refractivity contribution in [3.63, 3.8) is 0 Å². The van der Waals surface area contributed by atoms with Crippen LogP contribution in [0.2, 0.25) is 0 Å². The summed E-state index contributed by atoms with van der Waals surface area (Å²) in [4.78, 5) is 0. The Morgan fingerprint density at radius 1 is 1.05 bits per heavy atom. The minimum atomic E-state index is 0.500. The molecule has 1 N–H and O–H groups in total. The van der Waals surface area contributed by atoms with Crippen molar-refractivity contribution in [2.45, 2.75) is 84.6 Å². The second kappa shape index (κ2) is 4.48. The third-order valence-corrected chi connectivity index (χ3v) is 6.88. The van der Waals surface area contributed by atoms with Gasteiger partial charge in [0.15, 0.2) is 0 Å². The summed E-state index contributed by atoms with van der Waals surface area (Å²) in [7, 11) is 0. The molecule has 19 heavy (non-hydrogen) atoms. The van der Waals surface area contributed by atoms with Gasteiger partial charge in [-0.05, 0) is 74.2 Å². The van der Waals surface area contributed by atoms with Crippen molar-refractivity contribution >= 4 is 0 Å². The predicted octanol–water partition coefficient (Wildman–Crippen LogP) is 4.76. The number of fused-ring (bicyclic) bond motifs is 4. The van der Waals surface area contributed by atoms with E-state index in [0.717, 1.165) is 11.8 Å².